The van der Waals surface area contributed by atoms with Crippen molar-refractivity contribution >= 4 is 34.1 Å². The van der Waals surface area contributed by atoms with Gasteiger partial charge in [-0.3, -0.25) is 9.78 Å². The number of para-hydroxylation sites is 1. The molecule has 4 rings (SSSR count). The van der Waals surface area contributed by atoms with Gasteiger partial charge in [-0.15, -0.1) is 0 Å². The lowest BCUT2D eigenvalue weighted by atomic mass is 9.94. The summed E-state index contributed by atoms with van der Waals surface area (Å²) in [6, 6.07) is 24.8. The minimum absolute atomic E-state index is 0. The maximum atomic E-state index is 13.2. The third kappa shape index (κ3) is 3.86. The highest BCUT2D eigenvalue weighted by Crippen LogP contribution is 2.34. The largest absolute Gasteiger partial charge is 1.00 e. The van der Waals surface area contributed by atoms with E-state index in [1.807, 2.05) is 85.8 Å². The molecule has 0 aliphatic carbocycles. The number of amides is 1. The van der Waals surface area contributed by atoms with Crippen molar-refractivity contribution in [2.75, 3.05) is 5.32 Å². The zero-order valence-corrected chi connectivity index (χ0v) is 16.6. The van der Waals surface area contributed by atoms with E-state index in [9.17, 15) is 4.79 Å². The number of rotatable bonds is 3. The molecule has 0 saturated heterocycles. The Morgan fingerprint density at radius 1 is 0.929 bits per heavy atom. The second kappa shape index (κ2) is 8.42. The number of halogens is 2. The first-order valence-electron chi connectivity index (χ1n) is 8.65. The molecule has 5 heteroatoms. The molecule has 3 nitrogen and oxygen atoms in total. The van der Waals surface area contributed by atoms with E-state index in [0.29, 0.717) is 16.3 Å². The van der Waals surface area contributed by atoms with Gasteiger partial charge in [0.1, 0.15) is 0 Å². The van der Waals surface area contributed by atoms with Gasteiger partial charge in [-0.05, 0) is 42.8 Å². The van der Waals surface area contributed by atoms with Crippen LogP contribution in [-0.2, 0) is 0 Å². The highest BCUT2D eigenvalue weighted by Gasteiger charge is 2.20. The number of benzene rings is 3. The quantitative estimate of drug-likeness (QED) is 0.566. The minimum atomic E-state index is -0.188. The number of carbonyl (C=O) groups excluding carboxylic acids is 1. The fraction of sp³-hybridized carbons (Fsp3) is 0.0435. The van der Waals surface area contributed by atoms with E-state index < -0.39 is 0 Å². The monoisotopic (exact) mass is 407 g/mol. The van der Waals surface area contributed by atoms with Crippen LogP contribution in [0.1, 0.15) is 16.1 Å². The van der Waals surface area contributed by atoms with Gasteiger partial charge < -0.3 is 17.7 Å². The minimum Gasteiger partial charge on any atom is -1.00 e. The van der Waals surface area contributed by atoms with Gasteiger partial charge >= 0.3 is 0 Å². The number of pyridine rings is 1. The average molecular weight is 408 g/mol. The first kappa shape index (κ1) is 19.9. The summed E-state index contributed by atoms with van der Waals surface area (Å²) >= 11 is 6.25. The molecule has 1 heterocycles. The van der Waals surface area contributed by atoms with E-state index in [1.54, 1.807) is 0 Å². The van der Waals surface area contributed by atoms with E-state index in [1.165, 1.54) is 0 Å². The molecule has 0 aliphatic heterocycles. The average Bonchev–Trinajstić information content (AvgIpc) is 2.68. The molecule has 0 saturated carbocycles. The molecule has 0 unspecified atom stereocenters. The highest BCUT2D eigenvalue weighted by molar-refractivity contribution is 6.31. The summed E-state index contributed by atoms with van der Waals surface area (Å²) in [7, 11) is 0. The van der Waals surface area contributed by atoms with Crippen LogP contribution in [0, 0.1) is 6.92 Å². The molecule has 3 aromatic carbocycles. The van der Waals surface area contributed by atoms with Crippen LogP contribution in [0.25, 0.3) is 22.0 Å². The molecule has 1 amide bonds. The van der Waals surface area contributed by atoms with Crippen molar-refractivity contribution in [1.29, 1.82) is 0 Å². The van der Waals surface area contributed by atoms with Crippen molar-refractivity contribution in [3.63, 3.8) is 0 Å². The van der Waals surface area contributed by atoms with Crippen molar-refractivity contribution in [2.24, 2.45) is 0 Å². The van der Waals surface area contributed by atoms with Crippen LogP contribution in [-0.4, -0.2) is 10.9 Å². The summed E-state index contributed by atoms with van der Waals surface area (Å²) < 4.78 is 0. The van der Waals surface area contributed by atoms with Gasteiger partial charge in [0, 0.05) is 21.7 Å². The van der Waals surface area contributed by atoms with Gasteiger partial charge in [0.25, 0.3) is 5.91 Å². The Balaban J connectivity index is 0.00000225. The number of aryl methyl sites for hydroxylation is 1. The molecular formula is C23H17Cl2N2O-. The zero-order chi connectivity index (χ0) is 18.8. The van der Waals surface area contributed by atoms with Crippen LogP contribution < -0.4 is 17.7 Å². The fourth-order valence-electron chi connectivity index (χ4n) is 3.26. The number of hydrogen-bond acceptors (Lipinski definition) is 2. The molecule has 0 aliphatic rings. The summed E-state index contributed by atoms with van der Waals surface area (Å²) in [6.45, 7) is 1.86. The molecule has 0 bridgehead atoms. The van der Waals surface area contributed by atoms with Crippen LogP contribution in [0.2, 0.25) is 5.02 Å². The number of aromatic nitrogens is 1. The molecule has 1 aromatic heterocycles. The third-order valence-corrected chi connectivity index (χ3v) is 4.68. The van der Waals surface area contributed by atoms with Crippen molar-refractivity contribution in [1.82, 2.24) is 4.98 Å². The zero-order valence-electron chi connectivity index (χ0n) is 15.1. The molecule has 0 spiro atoms. The van der Waals surface area contributed by atoms with Crippen LogP contribution in [0.15, 0.2) is 78.9 Å². The molecule has 4 aromatic rings. The summed E-state index contributed by atoms with van der Waals surface area (Å²) in [5, 5.41) is 4.45. The van der Waals surface area contributed by atoms with E-state index in [0.717, 1.165) is 27.7 Å². The number of fused-ring (bicyclic) bond motifs is 1. The summed E-state index contributed by atoms with van der Waals surface area (Å²) in [4.78, 5) is 17.8. The maximum Gasteiger partial charge on any atom is 0.258 e. The number of nitrogens with zero attached hydrogens (tertiary/aromatic N) is 1. The van der Waals surface area contributed by atoms with E-state index in [4.69, 9.17) is 11.6 Å². The van der Waals surface area contributed by atoms with E-state index in [-0.39, 0.29) is 18.3 Å². The van der Waals surface area contributed by atoms with Crippen molar-refractivity contribution < 1.29 is 17.2 Å². The first-order chi connectivity index (χ1) is 13.1. The van der Waals surface area contributed by atoms with Gasteiger partial charge in [0.2, 0.25) is 0 Å². The molecule has 0 atom stereocenters. The van der Waals surface area contributed by atoms with E-state index in [2.05, 4.69) is 10.3 Å². The van der Waals surface area contributed by atoms with Gasteiger partial charge in [-0.25, -0.2) is 0 Å². The Morgan fingerprint density at radius 3 is 2.25 bits per heavy atom. The number of nitrogens with one attached hydrogen (secondary N) is 1. The Morgan fingerprint density at radius 2 is 1.57 bits per heavy atom. The second-order valence-electron chi connectivity index (χ2n) is 6.29. The molecule has 1 N–H and O–H groups in total. The Kier molecular flexibility index (Phi) is 5.98. The lowest BCUT2D eigenvalue weighted by molar-refractivity contribution is -0.0000131. The Labute approximate surface area is 174 Å². The Hall–Kier alpha value is -2.88. The summed E-state index contributed by atoms with van der Waals surface area (Å²) in [6.07, 6.45) is 0. The topological polar surface area (TPSA) is 42.0 Å². The molecular weight excluding hydrogens is 391 g/mol. The molecule has 28 heavy (non-hydrogen) atoms. The Bertz CT molecular complexity index is 1130. The standard InChI is InChI=1S/C23H17ClN2O.ClH/c1-15-21(23(27)26-18-10-6-3-7-11-18)22(16-8-4-2-5-9-16)19-14-17(24)12-13-20(19)25-15;/h2-14H,1H3,(H,26,27);1H/p-1. The third-order valence-electron chi connectivity index (χ3n) is 4.45. The predicted molar refractivity (Wildman–Crippen MR) is 111 cm³/mol. The molecule has 0 fully saturated rings. The molecule has 140 valence electrons. The van der Waals surface area contributed by atoms with Crippen molar-refractivity contribution in [3.8, 4) is 11.1 Å². The number of carbonyl (C=O) groups is 1. The number of anilines is 1. The lowest BCUT2D eigenvalue weighted by Crippen LogP contribution is -3.00. The number of hydrogen-bond donors (Lipinski definition) is 1. The van der Waals surface area contributed by atoms with Gasteiger partial charge in [-0.1, -0.05) is 60.1 Å². The SMILES string of the molecule is Cc1nc2ccc(Cl)cc2c(-c2ccccc2)c1C(=O)Nc1ccccc1.[Cl-]. The summed E-state index contributed by atoms with van der Waals surface area (Å²) in [5.41, 5.74) is 4.58. The van der Waals surface area contributed by atoms with Crippen LogP contribution >= 0.6 is 11.6 Å². The van der Waals surface area contributed by atoms with Gasteiger partial charge in [0.15, 0.2) is 0 Å². The normalized spacial score (nSPS) is 10.4. The smallest absolute Gasteiger partial charge is 0.258 e. The van der Waals surface area contributed by atoms with Crippen molar-refractivity contribution in [3.05, 3.63) is 95.1 Å². The highest BCUT2D eigenvalue weighted by atomic mass is 35.5. The first-order valence-corrected chi connectivity index (χ1v) is 9.03. The lowest BCUT2D eigenvalue weighted by Gasteiger charge is -2.16. The van der Waals surface area contributed by atoms with Gasteiger partial charge in [0.05, 0.1) is 16.8 Å². The molecule has 0 radical (unpaired) electrons. The fourth-order valence-corrected chi connectivity index (χ4v) is 3.43. The maximum absolute atomic E-state index is 13.2. The van der Waals surface area contributed by atoms with Gasteiger partial charge in [-0.2, -0.15) is 0 Å². The summed E-state index contributed by atoms with van der Waals surface area (Å²) in [5.74, 6) is -0.188. The predicted octanol–water partition coefficient (Wildman–Crippen LogP) is 3.12. The second-order valence-corrected chi connectivity index (χ2v) is 6.73. The van der Waals surface area contributed by atoms with Crippen molar-refractivity contribution in [2.45, 2.75) is 6.92 Å². The van der Waals surface area contributed by atoms with E-state index >= 15 is 0 Å². The van der Waals surface area contributed by atoms with Crippen LogP contribution in [0.4, 0.5) is 5.69 Å². The van der Waals surface area contributed by atoms with Crippen LogP contribution in [0.5, 0.6) is 0 Å². The van der Waals surface area contributed by atoms with Crippen LogP contribution in [0.3, 0.4) is 0 Å².